The molecule has 1 atom stereocenters. The van der Waals surface area contributed by atoms with Gasteiger partial charge in [-0.1, -0.05) is 11.8 Å². The summed E-state index contributed by atoms with van der Waals surface area (Å²) in [6, 6.07) is 0. The molecule has 1 N–H and O–H groups in total. The van der Waals surface area contributed by atoms with Gasteiger partial charge < -0.3 is 9.67 Å². The third kappa shape index (κ3) is 3.27. The molecule has 0 aliphatic carbocycles. The summed E-state index contributed by atoms with van der Waals surface area (Å²) in [5.41, 5.74) is 0. The van der Waals surface area contributed by atoms with E-state index < -0.39 is 21.1 Å². The van der Waals surface area contributed by atoms with E-state index in [0.717, 1.165) is 11.8 Å². The summed E-state index contributed by atoms with van der Waals surface area (Å²) in [5, 5.41) is 16.5. The maximum Gasteiger partial charge on any atom is 0.313 e. The van der Waals surface area contributed by atoms with Crippen LogP contribution < -0.4 is 0 Å². The molecule has 106 valence electrons. The van der Waals surface area contributed by atoms with Gasteiger partial charge in [0, 0.05) is 6.54 Å². The lowest BCUT2D eigenvalue weighted by molar-refractivity contribution is -0.133. The van der Waals surface area contributed by atoms with Gasteiger partial charge >= 0.3 is 5.97 Å². The molecule has 1 fully saturated rings. The second-order valence-corrected chi connectivity index (χ2v) is 7.80. The minimum atomic E-state index is -3.03. The molecule has 1 aliphatic heterocycles. The molecule has 0 radical (unpaired) electrons. The monoisotopic (exact) mass is 305 g/mol. The van der Waals surface area contributed by atoms with Crippen molar-refractivity contribution in [1.29, 1.82) is 0 Å². The first-order valence-electron chi connectivity index (χ1n) is 5.86. The molecule has 2 heterocycles. The van der Waals surface area contributed by atoms with E-state index in [-0.39, 0.29) is 11.5 Å². The van der Waals surface area contributed by atoms with Gasteiger partial charge in [-0.3, -0.25) is 4.79 Å². The number of thioether (sulfide) groups is 1. The van der Waals surface area contributed by atoms with E-state index in [0.29, 0.717) is 30.4 Å². The van der Waals surface area contributed by atoms with Gasteiger partial charge in [0.15, 0.2) is 15.0 Å². The first kappa shape index (κ1) is 14.3. The van der Waals surface area contributed by atoms with Crippen molar-refractivity contribution in [3.63, 3.8) is 0 Å². The SMILES string of the molecule is Cc1nnc(SCC(=O)O)n1CC1CCCS1(=O)=O. The van der Waals surface area contributed by atoms with Crippen LogP contribution >= 0.6 is 11.8 Å². The van der Waals surface area contributed by atoms with Crippen molar-refractivity contribution >= 4 is 27.6 Å². The molecule has 0 aromatic carbocycles. The first-order chi connectivity index (χ1) is 8.90. The maximum atomic E-state index is 11.8. The molecule has 1 saturated heterocycles. The van der Waals surface area contributed by atoms with E-state index in [1.165, 1.54) is 0 Å². The van der Waals surface area contributed by atoms with E-state index in [9.17, 15) is 13.2 Å². The second kappa shape index (κ2) is 5.49. The minimum Gasteiger partial charge on any atom is -0.481 e. The number of sulfone groups is 1. The molecule has 19 heavy (non-hydrogen) atoms. The Balaban J connectivity index is 2.15. The zero-order valence-electron chi connectivity index (χ0n) is 10.4. The molecule has 1 unspecified atom stereocenters. The lowest BCUT2D eigenvalue weighted by Crippen LogP contribution is -2.23. The predicted molar refractivity (Wildman–Crippen MR) is 69.9 cm³/mol. The summed E-state index contributed by atoms with van der Waals surface area (Å²) in [4.78, 5) is 10.6. The van der Waals surface area contributed by atoms with Gasteiger partial charge in [-0.15, -0.1) is 10.2 Å². The van der Waals surface area contributed by atoms with Gasteiger partial charge in [0.25, 0.3) is 0 Å². The zero-order valence-corrected chi connectivity index (χ0v) is 12.1. The number of carbonyl (C=O) groups is 1. The fraction of sp³-hybridized carbons (Fsp3) is 0.700. The Bertz CT molecular complexity index is 582. The third-order valence-corrected chi connectivity index (χ3v) is 6.29. The molecular weight excluding hydrogens is 290 g/mol. The van der Waals surface area contributed by atoms with Crippen LogP contribution in [0.15, 0.2) is 5.16 Å². The summed E-state index contributed by atoms with van der Waals surface area (Å²) >= 11 is 1.05. The van der Waals surface area contributed by atoms with Crippen molar-refractivity contribution in [2.24, 2.45) is 0 Å². The molecular formula is C10H15N3O4S2. The molecule has 0 spiro atoms. The number of aliphatic carboxylic acids is 1. The third-order valence-electron chi connectivity index (χ3n) is 3.08. The smallest absolute Gasteiger partial charge is 0.313 e. The molecule has 1 aromatic heterocycles. The molecule has 1 aromatic rings. The molecule has 9 heteroatoms. The van der Waals surface area contributed by atoms with Crippen molar-refractivity contribution in [2.45, 2.75) is 36.7 Å². The Morgan fingerprint density at radius 2 is 2.26 bits per heavy atom. The summed E-state index contributed by atoms with van der Waals surface area (Å²) in [5.74, 6) is -0.216. The van der Waals surface area contributed by atoms with Crippen LogP contribution in [0.5, 0.6) is 0 Å². The van der Waals surface area contributed by atoms with Crippen LogP contribution in [0.2, 0.25) is 0 Å². The number of aryl methyl sites for hydroxylation is 1. The van der Waals surface area contributed by atoms with Gasteiger partial charge in [0.1, 0.15) is 5.82 Å². The fourth-order valence-corrected chi connectivity index (χ4v) is 4.59. The summed E-state index contributed by atoms with van der Waals surface area (Å²) in [7, 11) is -3.03. The highest BCUT2D eigenvalue weighted by atomic mass is 32.2. The lowest BCUT2D eigenvalue weighted by Gasteiger charge is -2.12. The van der Waals surface area contributed by atoms with Crippen molar-refractivity contribution in [2.75, 3.05) is 11.5 Å². The molecule has 0 amide bonds. The average molecular weight is 305 g/mol. The van der Waals surface area contributed by atoms with Gasteiger partial charge in [0.05, 0.1) is 16.8 Å². The van der Waals surface area contributed by atoms with Crippen LogP contribution in [0.25, 0.3) is 0 Å². The summed E-state index contributed by atoms with van der Waals surface area (Å²) in [6.45, 7) is 2.04. The number of aromatic nitrogens is 3. The Morgan fingerprint density at radius 3 is 2.84 bits per heavy atom. The topological polar surface area (TPSA) is 102 Å². The molecule has 0 saturated carbocycles. The van der Waals surface area contributed by atoms with Crippen LogP contribution in [0.1, 0.15) is 18.7 Å². The standard InChI is InChI=1S/C10H15N3O4S2/c1-7-11-12-10(18-6-9(14)15)13(7)5-8-3-2-4-19(8,16)17/h8H,2-6H2,1H3,(H,14,15). The van der Waals surface area contributed by atoms with E-state index >= 15 is 0 Å². The number of hydrogen-bond donors (Lipinski definition) is 1. The van der Waals surface area contributed by atoms with Gasteiger partial charge in [0.2, 0.25) is 0 Å². The molecule has 2 rings (SSSR count). The van der Waals surface area contributed by atoms with Gasteiger partial charge in [-0.2, -0.15) is 0 Å². The number of hydrogen-bond acceptors (Lipinski definition) is 6. The zero-order chi connectivity index (χ0) is 14.0. The molecule has 7 nitrogen and oxygen atoms in total. The normalized spacial score (nSPS) is 21.6. The largest absolute Gasteiger partial charge is 0.481 e. The van der Waals surface area contributed by atoms with Gasteiger partial charge in [-0.25, -0.2) is 8.42 Å². The molecule has 0 bridgehead atoms. The highest BCUT2D eigenvalue weighted by molar-refractivity contribution is 7.99. The molecule has 1 aliphatic rings. The summed E-state index contributed by atoms with van der Waals surface area (Å²) < 4.78 is 25.3. The average Bonchev–Trinajstić information content (AvgIpc) is 2.82. The summed E-state index contributed by atoms with van der Waals surface area (Å²) in [6.07, 6.45) is 1.33. The van der Waals surface area contributed by atoms with E-state index in [2.05, 4.69) is 10.2 Å². The Kier molecular flexibility index (Phi) is 4.14. The van der Waals surface area contributed by atoms with Crippen LogP contribution in [-0.2, 0) is 21.2 Å². The minimum absolute atomic E-state index is 0.116. The highest BCUT2D eigenvalue weighted by Crippen LogP contribution is 2.24. The van der Waals surface area contributed by atoms with E-state index in [1.54, 1.807) is 11.5 Å². The first-order valence-corrected chi connectivity index (χ1v) is 8.56. The highest BCUT2D eigenvalue weighted by Gasteiger charge is 2.32. The fourth-order valence-electron chi connectivity index (χ4n) is 2.07. The van der Waals surface area contributed by atoms with Crippen molar-refractivity contribution in [1.82, 2.24) is 14.8 Å². The van der Waals surface area contributed by atoms with Crippen molar-refractivity contribution in [3.8, 4) is 0 Å². The van der Waals surface area contributed by atoms with Gasteiger partial charge in [-0.05, 0) is 19.8 Å². The second-order valence-electron chi connectivity index (χ2n) is 4.45. The predicted octanol–water partition coefficient (Wildman–Crippen LogP) is 0.340. The maximum absolute atomic E-state index is 11.8. The Labute approximate surface area is 115 Å². The number of carboxylic acids is 1. The van der Waals surface area contributed by atoms with Crippen LogP contribution in [-0.4, -0.2) is 51.0 Å². The van der Waals surface area contributed by atoms with Crippen LogP contribution in [0.4, 0.5) is 0 Å². The van der Waals surface area contributed by atoms with E-state index in [1.807, 2.05) is 0 Å². The van der Waals surface area contributed by atoms with Crippen molar-refractivity contribution in [3.05, 3.63) is 5.82 Å². The van der Waals surface area contributed by atoms with Crippen molar-refractivity contribution < 1.29 is 18.3 Å². The quantitative estimate of drug-likeness (QED) is 0.782. The number of nitrogens with zero attached hydrogens (tertiary/aromatic N) is 3. The lowest BCUT2D eigenvalue weighted by atomic mass is 10.2. The Morgan fingerprint density at radius 1 is 1.53 bits per heavy atom. The van der Waals surface area contributed by atoms with E-state index in [4.69, 9.17) is 5.11 Å². The Hall–Kier alpha value is -1.09. The van der Waals surface area contributed by atoms with Crippen LogP contribution in [0, 0.1) is 6.92 Å². The number of rotatable bonds is 5. The number of carboxylic acid groups (broad SMARTS) is 1. The van der Waals surface area contributed by atoms with Crippen LogP contribution in [0.3, 0.4) is 0 Å².